The Morgan fingerprint density at radius 3 is 3.16 bits per heavy atom. The number of nitrogens with zero attached hydrogens (tertiary/aromatic N) is 4. The summed E-state index contributed by atoms with van der Waals surface area (Å²) in [6.07, 6.45) is 7.11. The van der Waals surface area contributed by atoms with Crippen LogP contribution in [0.3, 0.4) is 0 Å². The third-order valence-corrected chi connectivity index (χ3v) is 3.03. The van der Waals surface area contributed by atoms with Crippen molar-refractivity contribution in [1.82, 2.24) is 24.6 Å². The van der Waals surface area contributed by atoms with Crippen molar-refractivity contribution in [3.05, 3.63) is 42.2 Å². The molecule has 0 aliphatic carbocycles. The van der Waals surface area contributed by atoms with E-state index in [1.807, 2.05) is 22.8 Å². The van der Waals surface area contributed by atoms with Gasteiger partial charge in [0.05, 0.1) is 12.5 Å². The van der Waals surface area contributed by atoms with Crippen molar-refractivity contribution in [2.75, 3.05) is 11.9 Å². The summed E-state index contributed by atoms with van der Waals surface area (Å²) in [5, 5.41) is 7.68. The van der Waals surface area contributed by atoms with E-state index in [0.29, 0.717) is 0 Å². The molecule has 0 aliphatic heterocycles. The molecule has 0 aliphatic rings. The Kier molecular flexibility index (Phi) is 3.14. The van der Waals surface area contributed by atoms with Gasteiger partial charge in [-0.25, -0.2) is 9.97 Å². The van der Waals surface area contributed by atoms with E-state index in [9.17, 15) is 0 Å². The van der Waals surface area contributed by atoms with Crippen LogP contribution in [0.4, 0.5) is 5.82 Å². The Labute approximate surface area is 110 Å². The maximum atomic E-state index is 4.52. The van der Waals surface area contributed by atoms with Crippen molar-refractivity contribution in [3.8, 4) is 0 Å². The molecular weight excluding hydrogens is 240 g/mol. The monoisotopic (exact) mass is 256 g/mol. The largest absolute Gasteiger partial charge is 0.370 e. The molecule has 3 aromatic rings. The molecule has 3 rings (SSSR count). The molecule has 0 atom stereocenters. The van der Waals surface area contributed by atoms with Crippen LogP contribution in [-0.4, -0.2) is 31.1 Å². The van der Waals surface area contributed by atoms with Gasteiger partial charge in [0.15, 0.2) is 5.65 Å². The summed E-state index contributed by atoms with van der Waals surface area (Å²) < 4.78 is 1.83. The van der Waals surface area contributed by atoms with Gasteiger partial charge in [-0.15, -0.1) is 0 Å². The van der Waals surface area contributed by atoms with E-state index >= 15 is 0 Å². The minimum absolute atomic E-state index is 0.824. The number of hydrogen-bond donors (Lipinski definition) is 2. The summed E-state index contributed by atoms with van der Waals surface area (Å²) in [6.45, 7) is 2.92. The average Bonchev–Trinajstić information content (AvgIpc) is 3.08. The summed E-state index contributed by atoms with van der Waals surface area (Å²) in [5.74, 6) is 0.978. The summed E-state index contributed by atoms with van der Waals surface area (Å²) in [7, 11) is 0. The van der Waals surface area contributed by atoms with Gasteiger partial charge in [-0.3, -0.25) is 0 Å². The highest BCUT2D eigenvalue weighted by Crippen LogP contribution is 2.12. The van der Waals surface area contributed by atoms with Gasteiger partial charge >= 0.3 is 0 Å². The fourth-order valence-electron chi connectivity index (χ4n) is 2.02. The smallest absolute Gasteiger partial charge is 0.157 e. The molecule has 98 valence electrons. The molecule has 0 saturated heterocycles. The zero-order valence-corrected chi connectivity index (χ0v) is 10.8. The standard InChI is InChI=1S/C13H16N6/c1-2-10-7-13(19-12(18-10)4-6-17-19)15-5-3-11-8-14-9-16-11/h4,6-9,15H,2-3,5H2,1H3,(H,14,16). The van der Waals surface area contributed by atoms with Crippen molar-refractivity contribution in [1.29, 1.82) is 0 Å². The Morgan fingerprint density at radius 2 is 2.37 bits per heavy atom. The second kappa shape index (κ2) is 5.09. The molecule has 6 heteroatoms. The SMILES string of the molecule is CCc1cc(NCCc2cnc[nH]2)n2nccc2n1. The highest BCUT2D eigenvalue weighted by Gasteiger charge is 2.05. The molecule has 0 unspecified atom stereocenters. The van der Waals surface area contributed by atoms with Gasteiger partial charge in [0, 0.05) is 42.7 Å². The van der Waals surface area contributed by atoms with Crippen LogP contribution >= 0.6 is 0 Å². The fraction of sp³-hybridized carbons (Fsp3) is 0.308. The number of aromatic nitrogens is 5. The Morgan fingerprint density at radius 1 is 1.42 bits per heavy atom. The summed E-state index contributed by atoms with van der Waals surface area (Å²) >= 11 is 0. The molecule has 0 spiro atoms. The fourth-order valence-corrected chi connectivity index (χ4v) is 2.02. The van der Waals surface area contributed by atoms with Crippen molar-refractivity contribution in [2.24, 2.45) is 0 Å². The first kappa shape index (κ1) is 11.7. The first-order valence-corrected chi connectivity index (χ1v) is 6.41. The van der Waals surface area contributed by atoms with Crippen LogP contribution in [0.5, 0.6) is 0 Å². The van der Waals surface area contributed by atoms with Gasteiger partial charge in [-0.1, -0.05) is 6.92 Å². The quantitative estimate of drug-likeness (QED) is 0.728. The highest BCUT2D eigenvalue weighted by molar-refractivity contribution is 5.49. The van der Waals surface area contributed by atoms with Crippen LogP contribution in [0.1, 0.15) is 18.3 Å². The van der Waals surface area contributed by atoms with E-state index in [2.05, 4.69) is 32.3 Å². The third-order valence-electron chi connectivity index (χ3n) is 3.03. The zero-order valence-electron chi connectivity index (χ0n) is 10.8. The summed E-state index contributed by atoms with van der Waals surface area (Å²) in [6, 6.07) is 3.96. The molecule has 3 heterocycles. The number of hydrogen-bond acceptors (Lipinski definition) is 4. The molecule has 0 amide bonds. The number of H-pyrrole nitrogens is 1. The topological polar surface area (TPSA) is 70.9 Å². The van der Waals surface area contributed by atoms with Crippen LogP contribution in [0.2, 0.25) is 0 Å². The lowest BCUT2D eigenvalue weighted by Crippen LogP contribution is -2.10. The second-order valence-corrected chi connectivity index (χ2v) is 4.34. The molecule has 0 fully saturated rings. The van der Waals surface area contributed by atoms with Crippen molar-refractivity contribution < 1.29 is 0 Å². The van der Waals surface area contributed by atoms with E-state index in [1.54, 1.807) is 12.5 Å². The van der Waals surface area contributed by atoms with E-state index in [-0.39, 0.29) is 0 Å². The van der Waals surface area contributed by atoms with E-state index in [0.717, 1.165) is 42.2 Å². The van der Waals surface area contributed by atoms with Gasteiger partial charge in [0.1, 0.15) is 5.82 Å². The summed E-state index contributed by atoms with van der Waals surface area (Å²) in [5.41, 5.74) is 3.06. The zero-order chi connectivity index (χ0) is 13.1. The Hall–Kier alpha value is -2.37. The minimum Gasteiger partial charge on any atom is -0.370 e. The number of aromatic amines is 1. The van der Waals surface area contributed by atoms with E-state index in [1.165, 1.54) is 0 Å². The first-order valence-electron chi connectivity index (χ1n) is 6.41. The van der Waals surface area contributed by atoms with Crippen LogP contribution in [0, 0.1) is 0 Å². The maximum absolute atomic E-state index is 4.52. The molecule has 2 N–H and O–H groups in total. The van der Waals surface area contributed by atoms with Crippen molar-refractivity contribution >= 4 is 11.5 Å². The number of aryl methyl sites for hydroxylation is 1. The Balaban J connectivity index is 1.77. The van der Waals surface area contributed by atoms with Crippen LogP contribution in [0.25, 0.3) is 5.65 Å². The number of fused-ring (bicyclic) bond motifs is 1. The highest BCUT2D eigenvalue weighted by atomic mass is 15.3. The number of imidazole rings is 1. The Bertz CT molecular complexity index is 655. The van der Waals surface area contributed by atoms with Crippen LogP contribution in [0.15, 0.2) is 30.9 Å². The predicted molar refractivity (Wildman–Crippen MR) is 73.1 cm³/mol. The van der Waals surface area contributed by atoms with Gasteiger partial charge in [0.25, 0.3) is 0 Å². The molecule has 19 heavy (non-hydrogen) atoms. The van der Waals surface area contributed by atoms with Crippen molar-refractivity contribution in [2.45, 2.75) is 19.8 Å². The van der Waals surface area contributed by atoms with Crippen molar-refractivity contribution in [3.63, 3.8) is 0 Å². The van der Waals surface area contributed by atoms with E-state index < -0.39 is 0 Å². The number of nitrogens with one attached hydrogen (secondary N) is 2. The van der Waals surface area contributed by atoms with Crippen LogP contribution < -0.4 is 5.32 Å². The normalized spacial score (nSPS) is 11.0. The number of anilines is 1. The predicted octanol–water partition coefficient (Wildman–Crippen LogP) is 1.67. The molecule has 0 saturated carbocycles. The van der Waals surface area contributed by atoms with Gasteiger partial charge < -0.3 is 10.3 Å². The molecule has 6 nitrogen and oxygen atoms in total. The van der Waals surface area contributed by atoms with E-state index in [4.69, 9.17) is 0 Å². The molecular formula is C13H16N6. The number of rotatable bonds is 5. The second-order valence-electron chi connectivity index (χ2n) is 4.34. The maximum Gasteiger partial charge on any atom is 0.157 e. The third kappa shape index (κ3) is 2.42. The lowest BCUT2D eigenvalue weighted by molar-refractivity contribution is 0.888. The minimum atomic E-state index is 0.824. The van der Waals surface area contributed by atoms with Crippen LogP contribution in [-0.2, 0) is 12.8 Å². The average molecular weight is 256 g/mol. The van der Waals surface area contributed by atoms with Gasteiger partial charge in [0.2, 0.25) is 0 Å². The molecule has 0 bridgehead atoms. The lowest BCUT2D eigenvalue weighted by atomic mass is 10.3. The molecule has 0 radical (unpaired) electrons. The molecule has 0 aromatic carbocycles. The van der Waals surface area contributed by atoms with Gasteiger partial charge in [-0.05, 0) is 6.42 Å². The summed E-state index contributed by atoms with van der Waals surface area (Å²) in [4.78, 5) is 11.6. The first-order chi connectivity index (χ1) is 9.36. The van der Waals surface area contributed by atoms with Gasteiger partial charge in [-0.2, -0.15) is 9.61 Å². The molecule has 3 aromatic heterocycles. The lowest BCUT2D eigenvalue weighted by Gasteiger charge is -2.09.